The van der Waals surface area contributed by atoms with Crippen LogP contribution < -0.4 is 0 Å². The molecule has 2 unspecified atom stereocenters. The summed E-state index contributed by atoms with van der Waals surface area (Å²) in [6.45, 7) is 3.85. The van der Waals surface area contributed by atoms with Gasteiger partial charge in [-0.15, -0.1) is 11.8 Å². The molecule has 0 radical (unpaired) electrons. The number of hydrogen-bond donors (Lipinski definition) is 1. The second kappa shape index (κ2) is 4.89. The Hall–Kier alpha value is -1.00. The third-order valence-electron chi connectivity index (χ3n) is 2.59. The second-order valence-electron chi connectivity index (χ2n) is 3.96. The van der Waals surface area contributed by atoms with Crippen LogP contribution in [0.25, 0.3) is 5.65 Å². The summed E-state index contributed by atoms with van der Waals surface area (Å²) in [6, 6.07) is 5.97. The highest BCUT2D eigenvalue weighted by Gasteiger charge is 2.10. The number of rotatable bonds is 4. The van der Waals surface area contributed by atoms with Gasteiger partial charge in [0.25, 0.3) is 0 Å². The first-order chi connectivity index (χ1) is 7.66. The first-order valence-corrected chi connectivity index (χ1v) is 6.44. The average molecular weight is 236 g/mol. The fraction of sp³-hybridized carbons (Fsp3) is 0.417. The quantitative estimate of drug-likeness (QED) is 0.885. The largest absolute Gasteiger partial charge is 0.392 e. The fourth-order valence-corrected chi connectivity index (χ4v) is 2.26. The summed E-state index contributed by atoms with van der Waals surface area (Å²) < 4.78 is 2.02. The molecule has 2 atom stereocenters. The van der Waals surface area contributed by atoms with E-state index >= 15 is 0 Å². The molecule has 0 aromatic carbocycles. The van der Waals surface area contributed by atoms with Gasteiger partial charge in [0.05, 0.1) is 11.8 Å². The molecular formula is C12H16N2OS. The summed E-state index contributed by atoms with van der Waals surface area (Å²) in [4.78, 5) is 4.50. The number of nitrogens with zero attached hydrogens (tertiary/aromatic N) is 2. The number of aliphatic hydroxyl groups is 1. The van der Waals surface area contributed by atoms with E-state index in [0.29, 0.717) is 0 Å². The summed E-state index contributed by atoms with van der Waals surface area (Å²) in [7, 11) is 0. The lowest BCUT2D eigenvalue weighted by molar-refractivity contribution is 0.196. The molecular weight excluding hydrogens is 220 g/mol. The van der Waals surface area contributed by atoms with Crippen LogP contribution >= 0.6 is 11.8 Å². The van der Waals surface area contributed by atoms with E-state index in [1.807, 2.05) is 48.8 Å². The number of hydrogen-bond acceptors (Lipinski definition) is 3. The Labute approximate surface area is 99.5 Å². The maximum Gasteiger partial charge on any atom is 0.137 e. The van der Waals surface area contributed by atoms with Gasteiger partial charge >= 0.3 is 0 Å². The van der Waals surface area contributed by atoms with Gasteiger partial charge in [-0.05, 0) is 19.1 Å². The Morgan fingerprint density at radius 3 is 2.94 bits per heavy atom. The first kappa shape index (κ1) is 11.5. The zero-order valence-electron chi connectivity index (χ0n) is 9.50. The number of thioether (sulfide) groups is 1. The van der Waals surface area contributed by atoms with E-state index in [1.54, 1.807) is 11.8 Å². The van der Waals surface area contributed by atoms with Crippen LogP contribution in [0.5, 0.6) is 0 Å². The predicted octanol–water partition coefficient (Wildman–Crippen LogP) is 2.34. The van der Waals surface area contributed by atoms with Gasteiger partial charge in [-0.3, -0.25) is 0 Å². The lowest BCUT2D eigenvalue weighted by atomic mass is 10.3. The number of aromatic nitrogens is 2. The summed E-state index contributed by atoms with van der Waals surface area (Å²) >= 11 is 1.73. The molecule has 16 heavy (non-hydrogen) atoms. The van der Waals surface area contributed by atoms with E-state index in [-0.39, 0.29) is 11.4 Å². The van der Waals surface area contributed by atoms with Crippen molar-refractivity contribution >= 4 is 17.4 Å². The Morgan fingerprint density at radius 1 is 1.44 bits per heavy atom. The van der Waals surface area contributed by atoms with E-state index < -0.39 is 0 Å². The van der Waals surface area contributed by atoms with Crippen molar-refractivity contribution in [1.29, 1.82) is 0 Å². The monoisotopic (exact) mass is 236 g/mol. The molecule has 0 aliphatic carbocycles. The highest BCUT2D eigenvalue weighted by atomic mass is 32.2. The Morgan fingerprint density at radius 2 is 2.25 bits per heavy atom. The minimum Gasteiger partial charge on any atom is -0.392 e. The van der Waals surface area contributed by atoms with Crippen molar-refractivity contribution in [3.05, 3.63) is 36.3 Å². The molecule has 0 bridgehead atoms. The van der Waals surface area contributed by atoms with E-state index in [2.05, 4.69) is 4.98 Å². The molecule has 2 heterocycles. The van der Waals surface area contributed by atoms with Gasteiger partial charge in [0.1, 0.15) is 5.65 Å². The summed E-state index contributed by atoms with van der Waals surface area (Å²) in [6.07, 6.45) is 3.76. The molecule has 0 amide bonds. The van der Waals surface area contributed by atoms with E-state index in [0.717, 1.165) is 17.1 Å². The Balaban J connectivity index is 2.05. The lowest BCUT2D eigenvalue weighted by Gasteiger charge is -2.12. The molecule has 0 aliphatic heterocycles. The molecule has 1 N–H and O–H groups in total. The van der Waals surface area contributed by atoms with Crippen molar-refractivity contribution in [2.45, 2.75) is 31.0 Å². The van der Waals surface area contributed by atoms with E-state index in [1.165, 1.54) is 0 Å². The number of aliphatic hydroxyl groups excluding tert-OH is 1. The summed E-state index contributed by atoms with van der Waals surface area (Å²) in [5.74, 6) is 0.841. The normalized spacial score (nSPS) is 15.2. The van der Waals surface area contributed by atoms with Crippen LogP contribution in [0.4, 0.5) is 0 Å². The molecule has 0 fully saturated rings. The van der Waals surface area contributed by atoms with Crippen LogP contribution in [0, 0.1) is 0 Å². The topological polar surface area (TPSA) is 37.5 Å². The molecule has 0 aliphatic rings. The van der Waals surface area contributed by atoms with E-state index in [9.17, 15) is 5.11 Å². The third kappa shape index (κ3) is 2.57. The molecule has 86 valence electrons. The number of pyridine rings is 1. The SMILES string of the molecule is CC(O)C(C)SCc1cn2ccccc2n1. The van der Waals surface area contributed by atoms with Crippen molar-refractivity contribution in [2.24, 2.45) is 0 Å². The van der Waals surface area contributed by atoms with Crippen molar-refractivity contribution in [3.63, 3.8) is 0 Å². The maximum absolute atomic E-state index is 9.39. The van der Waals surface area contributed by atoms with E-state index in [4.69, 9.17) is 0 Å². The minimum absolute atomic E-state index is 0.241. The highest BCUT2D eigenvalue weighted by molar-refractivity contribution is 7.99. The fourth-order valence-electron chi connectivity index (χ4n) is 1.41. The van der Waals surface area contributed by atoms with Gasteiger partial charge in [0, 0.05) is 23.4 Å². The van der Waals surface area contributed by atoms with Crippen molar-refractivity contribution in [1.82, 2.24) is 9.38 Å². The molecule has 4 heteroatoms. The van der Waals surface area contributed by atoms with Gasteiger partial charge in [0.2, 0.25) is 0 Å². The Bertz CT molecular complexity index is 434. The van der Waals surface area contributed by atoms with Crippen molar-refractivity contribution in [2.75, 3.05) is 0 Å². The van der Waals surface area contributed by atoms with Gasteiger partial charge in [0.15, 0.2) is 0 Å². The van der Waals surface area contributed by atoms with Crippen LogP contribution in [0.15, 0.2) is 30.6 Å². The average Bonchev–Trinajstić information content (AvgIpc) is 2.68. The summed E-state index contributed by atoms with van der Waals surface area (Å²) in [5, 5.41) is 9.63. The van der Waals surface area contributed by atoms with Crippen LogP contribution in [-0.2, 0) is 5.75 Å². The molecule has 0 spiro atoms. The highest BCUT2D eigenvalue weighted by Crippen LogP contribution is 2.19. The standard InChI is InChI=1S/C12H16N2OS/c1-9(15)10(2)16-8-11-7-14-6-4-3-5-12(14)13-11/h3-7,9-10,15H,8H2,1-2H3. The molecule has 2 aromatic heterocycles. The van der Waals surface area contributed by atoms with Crippen LogP contribution in [0.3, 0.4) is 0 Å². The molecule has 0 saturated heterocycles. The van der Waals surface area contributed by atoms with Gasteiger partial charge < -0.3 is 9.51 Å². The van der Waals surface area contributed by atoms with Crippen molar-refractivity contribution in [3.8, 4) is 0 Å². The second-order valence-corrected chi connectivity index (χ2v) is 5.32. The number of fused-ring (bicyclic) bond motifs is 1. The molecule has 2 aromatic rings. The summed E-state index contributed by atoms with van der Waals surface area (Å²) in [5.41, 5.74) is 2.03. The van der Waals surface area contributed by atoms with Crippen molar-refractivity contribution < 1.29 is 5.11 Å². The van der Waals surface area contributed by atoms with Gasteiger partial charge in [-0.2, -0.15) is 0 Å². The molecule has 2 rings (SSSR count). The van der Waals surface area contributed by atoms with Gasteiger partial charge in [-0.25, -0.2) is 4.98 Å². The Kier molecular flexibility index (Phi) is 3.51. The van der Waals surface area contributed by atoms with Crippen LogP contribution in [-0.4, -0.2) is 25.8 Å². The van der Waals surface area contributed by atoms with Crippen LogP contribution in [0.1, 0.15) is 19.5 Å². The third-order valence-corrected chi connectivity index (χ3v) is 3.97. The zero-order chi connectivity index (χ0) is 11.5. The molecule has 3 nitrogen and oxygen atoms in total. The maximum atomic E-state index is 9.39. The number of imidazole rings is 1. The lowest BCUT2D eigenvalue weighted by Crippen LogP contribution is -2.15. The van der Waals surface area contributed by atoms with Crippen LogP contribution in [0.2, 0.25) is 0 Å². The molecule has 0 saturated carbocycles. The van der Waals surface area contributed by atoms with Gasteiger partial charge in [-0.1, -0.05) is 13.0 Å². The predicted molar refractivity (Wildman–Crippen MR) is 67.6 cm³/mol. The minimum atomic E-state index is -0.276. The zero-order valence-corrected chi connectivity index (χ0v) is 10.3. The smallest absolute Gasteiger partial charge is 0.137 e. The first-order valence-electron chi connectivity index (χ1n) is 5.39.